The van der Waals surface area contributed by atoms with E-state index >= 15 is 0 Å². The van der Waals surface area contributed by atoms with E-state index in [9.17, 15) is 19.2 Å². The van der Waals surface area contributed by atoms with Gasteiger partial charge in [0.25, 0.3) is 17.4 Å². The first-order valence-electron chi connectivity index (χ1n) is 14.3. The number of hydrogen-bond donors (Lipinski definition) is 4. The molecule has 3 amide bonds. The summed E-state index contributed by atoms with van der Waals surface area (Å²) in [5.74, 6) is -0.184. The summed E-state index contributed by atoms with van der Waals surface area (Å²) in [4.78, 5) is 61.2. The molecule has 10 nitrogen and oxygen atoms in total. The maximum absolute atomic E-state index is 13.2. The number of nitrogens with zero attached hydrogens (tertiary/aromatic N) is 2. The summed E-state index contributed by atoms with van der Waals surface area (Å²) < 4.78 is 0. The van der Waals surface area contributed by atoms with Gasteiger partial charge in [-0.1, -0.05) is 12.1 Å². The van der Waals surface area contributed by atoms with Gasteiger partial charge in [0.05, 0.1) is 17.0 Å². The molecule has 0 unspecified atom stereocenters. The van der Waals surface area contributed by atoms with Gasteiger partial charge in [-0.15, -0.1) is 11.3 Å². The van der Waals surface area contributed by atoms with Crippen LogP contribution in [0.5, 0.6) is 0 Å². The molecule has 4 heterocycles. The van der Waals surface area contributed by atoms with Gasteiger partial charge in [0.15, 0.2) is 0 Å². The molecular weight excluding hydrogens is 564 g/mol. The molecule has 1 fully saturated rings. The lowest BCUT2D eigenvalue weighted by atomic mass is 9.97. The van der Waals surface area contributed by atoms with Crippen molar-refractivity contribution in [3.05, 3.63) is 91.2 Å². The first-order chi connectivity index (χ1) is 20.8. The topological polar surface area (TPSA) is 136 Å². The molecule has 220 valence electrons. The van der Waals surface area contributed by atoms with E-state index < -0.39 is 0 Å². The van der Waals surface area contributed by atoms with Gasteiger partial charge in [0.2, 0.25) is 5.91 Å². The molecule has 1 aromatic carbocycles. The Labute approximate surface area is 252 Å². The van der Waals surface area contributed by atoms with Crippen molar-refractivity contribution in [3.8, 4) is 11.1 Å². The standard InChI is InChI=1S/C32H32N6O4S/c1-18-22(7-5-8-24(18)37-31(41)27-14-20-6-3-4-9-26(20)43-27)23-15-25(30(40)35-19(23)2)36-28-11-10-21(16-34-28)32(42)38-13-12-33-29(39)17-38/h5,7-8,10-11,14-16H,3-4,6,9,12-13,17H2,1-2H3,(H,33,39)(H,34,36)(H,35,40)(H,37,41). The van der Waals surface area contributed by atoms with Crippen molar-refractivity contribution in [2.75, 3.05) is 30.3 Å². The van der Waals surface area contributed by atoms with Crippen molar-refractivity contribution >= 4 is 46.3 Å². The number of hydrogen-bond acceptors (Lipinski definition) is 7. The Morgan fingerprint density at radius 3 is 2.60 bits per heavy atom. The highest BCUT2D eigenvalue weighted by Gasteiger charge is 2.23. The van der Waals surface area contributed by atoms with E-state index in [-0.39, 0.29) is 35.5 Å². The van der Waals surface area contributed by atoms with E-state index in [2.05, 4.69) is 25.9 Å². The second-order valence-corrected chi connectivity index (χ2v) is 12.0. The lowest BCUT2D eigenvalue weighted by molar-refractivity contribution is -0.123. The Kier molecular flexibility index (Phi) is 7.81. The van der Waals surface area contributed by atoms with Gasteiger partial charge in [-0.05, 0) is 86.6 Å². The molecule has 3 aromatic heterocycles. The molecule has 0 spiro atoms. The van der Waals surface area contributed by atoms with E-state index in [1.807, 2.05) is 38.1 Å². The van der Waals surface area contributed by atoms with E-state index in [0.717, 1.165) is 34.4 Å². The molecule has 0 bridgehead atoms. The Morgan fingerprint density at radius 2 is 1.84 bits per heavy atom. The molecule has 11 heteroatoms. The predicted octanol–water partition coefficient (Wildman–Crippen LogP) is 4.56. The number of pyridine rings is 2. The van der Waals surface area contributed by atoms with E-state index in [0.29, 0.717) is 35.9 Å². The molecule has 43 heavy (non-hydrogen) atoms. The molecule has 1 saturated heterocycles. The van der Waals surface area contributed by atoms with Crippen molar-refractivity contribution in [1.29, 1.82) is 0 Å². The van der Waals surface area contributed by atoms with Crippen LogP contribution in [0.25, 0.3) is 11.1 Å². The summed E-state index contributed by atoms with van der Waals surface area (Å²) in [5, 5.41) is 8.85. The number of piperazine rings is 1. The predicted molar refractivity (Wildman–Crippen MR) is 167 cm³/mol. The summed E-state index contributed by atoms with van der Waals surface area (Å²) >= 11 is 1.58. The Bertz CT molecular complexity index is 1770. The van der Waals surface area contributed by atoms with Gasteiger partial charge >= 0.3 is 0 Å². The number of carbonyl (C=O) groups is 3. The summed E-state index contributed by atoms with van der Waals surface area (Å²) in [5.41, 5.74) is 5.58. The van der Waals surface area contributed by atoms with E-state index in [4.69, 9.17) is 0 Å². The minimum absolute atomic E-state index is 0.0144. The Morgan fingerprint density at radius 1 is 1.00 bits per heavy atom. The van der Waals surface area contributed by atoms with Crippen LogP contribution < -0.4 is 21.5 Å². The largest absolute Gasteiger partial charge is 0.353 e. The second kappa shape index (κ2) is 11.8. The smallest absolute Gasteiger partial charge is 0.271 e. The van der Waals surface area contributed by atoms with E-state index in [1.54, 1.807) is 29.5 Å². The van der Waals surface area contributed by atoms with Crippen molar-refractivity contribution in [3.63, 3.8) is 0 Å². The minimum atomic E-state index is -0.314. The average Bonchev–Trinajstić information content (AvgIpc) is 3.45. The third-order valence-corrected chi connectivity index (χ3v) is 9.17. The van der Waals surface area contributed by atoms with Crippen LogP contribution in [0.2, 0.25) is 0 Å². The highest BCUT2D eigenvalue weighted by atomic mass is 32.1. The first-order valence-corrected chi connectivity index (χ1v) is 15.1. The van der Waals surface area contributed by atoms with Gasteiger partial charge in [0, 0.05) is 41.1 Å². The lowest BCUT2D eigenvalue weighted by Crippen LogP contribution is -2.49. The zero-order valence-corrected chi connectivity index (χ0v) is 24.8. The Hall–Kier alpha value is -4.77. The fourth-order valence-electron chi connectivity index (χ4n) is 5.57. The number of aryl methyl sites for hydroxylation is 3. The van der Waals surface area contributed by atoms with Crippen LogP contribution in [-0.2, 0) is 17.6 Å². The molecule has 0 saturated carbocycles. The number of nitrogens with one attached hydrogen (secondary N) is 4. The molecule has 0 atom stereocenters. The van der Waals surface area contributed by atoms with Gasteiger partial charge < -0.3 is 25.8 Å². The zero-order chi connectivity index (χ0) is 30.1. The number of benzene rings is 1. The van der Waals surface area contributed by atoms with Crippen LogP contribution in [0.1, 0.15) is 54.6 Å². The van der Waals surface area contributed by atoms with Crippen LogP contribution in [-0.4, -0.2) is 52.2 Å². The molecule has 4 aromatic rings. The summed E-state index contributed by atoms with van der Waals surface area (Å²) in [6.45, 7) is 4.65. The van der Waals surface area contributed by atoms with Gasteiger partial charge in [0.1, 0.15) is 11.5 Å². The van der Waals surface area contributed by atoms with Crippen molar-refractivity contribution in [2.45, 2.75) is 39.5 Å². The number of aromatic nitrogens is 2. The highest BCUT2D eigenvalue weighted by molar-refractivity contribution is 7.14. The Balaban J connectivity index is 1.21. The van der Waals surface area contributed by atoms with Crippen LogP contribution >= 0.6 is 11.3 Å². The molecule has 1 aliphatic heterocycles. The lowest BCUT2D eigenvalue weighted by Gasteiger charge is -2.26. The van der Waals surface area contributed by atoms with Crippen LogP contribution in [0.15, 0.2) is 53.5 Å². The quantitative estimate of drug-likeness (QED) is 0.258. The monoisotopic (exact) mass is 596 g/mol. The number of aromatic amines is 1. The normalized spacial score (nSPS) is 14.6. The molecule has 6 rings (SSSR count). The van der Waals surface area contributed by atoms with Gasteiger partial charge in [-0.25, -0.2) is 4.98 Å². The minimum Gasteiger partial charge on any atom is -0.353 e. The maximum Gasteiger partial charge on any atom is 0.271 e. The van der Waals surface area contributed by atoms with Crippen molar-refractivity contribution in [2.24, 2.45) is 0 Å². The summed E-state index contributed by atoms with van der Waals surface area (Å²) in [6, 6.07) is 12.8. The zero-order valence-electron chi connectivity index (χ0n) is 24.0. The number of fused-ring (bicyclic) bond motifs is 1. The average molecular weight is 597 g/mol. The van der Waals surface area contributed by atoms with Crippen LogP contribution in [0.3, 0.4) is 0 Å². The number of rotatable bonds is 6. The number of H-pyrrole nitrogens is 1. The summed E-state index contributed by atoms with van der Waals surface area (Å²) in [7, 11) is 0. The van der Waals surface area contributed by atoms with Gasteiger partial charge in [-0.2, -0.15) is 0 Å². The summed E-state index contributed by atoms with van der Waals surface area (Å²) in [6.07, 6.45) is 5.85. The number of anilines is 3. The van der Waals surface area contributed by atoms with Gasteiger partial charge in [-0.3, -0.25) is 19.2 Å². The molecule has 0 radical (unpaired) electrons. The van der Waals surface area contributed by atoms with Crippen molar-refractivity contribution in [1.82, 2.24) is 20.2 Å². The van der Waals surface area contributed by atoms with Crippen LogP contribution in [0, 0.1) is 13.8 Å². The van der Waals surface area contributed by atoms with E-state index in [1.165, 1.54) is 34.4 Å². The second-order valence-electron chi connectivity index (χ2n) is 10.9. The molecule has 2 aliphatic rings. The molecule has 4 N–H and O–H groups in total. The third kappa shape index (κ3) is 5.94. The fraction of sp³-hybridized carbons (Fsp3) is 0.281. The number of amides is 3. The third-order valence-electron chi connectivity index (χ3n) is 7.93. The highest BCUT2D eigenvalue weighted by Crippen LogP contribution is 2.33. The number of thiophene rings is 1. The fourth-order valence-corrected chi connectivity index (χ4v) is 6.72. The molecule has 1 aliphatic carbocycles. The maximum atomic E-state index is 13.2. The number of carbonyl (C=O) groups excluding carboxylic acids is 3. The first kappa shape index (κ1) is 28.4. The van der Waals surface area contributed by atoms with Crippen molar-refractivity contribution < 1.29 is 14.4 Å². The molecular formula is C32H32N6O4S. The van der Waals surface area contributed by atoms with Crippen LogP contribution in [0.4, 0.5) is 17.2 Å². The SMILES string of the molecule is Cc1[nH]c(=O)c(Nc2ccc(C(=O)N3CCNC(=O)C3)cn2)cc1-c1cccc(NC(=O)c2cc3c(s2)CCCC3)c1C.